The summed E-state index contributed by atoms with van der Waals surface area (Å²) in [5, 5.41) is 8.78. The zero-order valence-electron chi connectivity index (χ0n) is 7.85. The fourth-order valence-electron chi connectivity index (χ4n) is 0.950. The summed E-state index contributed by atoms with van der Waals surface area (Å²) in [5.74, 6) is -0.360. The lowest BCUT2D eigenvalue weighted by Gasteiger charge is -2.14. The standard InChI is InChI=1S/C5H12O8P2/c1-4(2-6)5-3-11-15(10,12-5)13-14(7,8)9/h4-6H,2-3H2,1H3,(H2,7,8,9). The minimum atomic E-state index is -4.92. The predicted molar refractivity (Wildman–Crippen MR) is 47.8 cm³/mol. The average molecular weight is 262 g/mol. The van der Waals surface area contributed by atoms with Crippen LogP contribution >= 0.6 is 15.6 Å². The molecule has 3 atom stereocenters. The van der Waals surface area contributed by atoms with E-state index in [9.17, 15) is 9.13 Å². The number of aliphatic hydroxyl groups is 1. The van der Waals surface area contributed by atoms with Crippen LogP contribution in [0.15, 0.2) is 0 Å². The van der Waals surface area contributed by atoms with Gasteiger partial charge in [-0.3, -0.25) is 9.05 Å². The summed E-state index contributed by atoms with van der Waals surface area (Å²) in [6, 6.07) is 0. The summed E-state index contributed by atoms with van der Waals surface area (Å²) in [7, 11) is -9.11. The van der Waals surface area contributed by atoms with Gasteiger partial charge in [-0.1, -0.05) is 6.92 Å². The Kier molecular flexibility index (Phi) is 4.08. The molecule has 1 fully saturated rings. The van der Waals surface area contributed by atoms with Crippen molar-refractivity contribution in [2.45, 2.75) is 13.0 Å². The van der Waals surface area contributed by atoms with E-state index in [1.807, 2.05) is 0 Å². The van der Waals surface area contributed by atoms with E-state index in [2.05, 4.69) is 8.83 Å². The molecule has 0 radical (unpaired) electrons. The lowest BCUT2D eigenvalue weighted by molar-refractivity contribution is 0.108. The summed E-state index contributed by atoms with van der Waals surface area (Å²) >= 11 is 0. The van der Waals surface area contributed by atoms with Crippen molar-refractivity contribution in [3.63, 3.8) is 0 Å². The van der Waals surface area contributed by atoms with Gasteiger partial charge in [-0.25, -0.2) is 9.13 Å². The lowest BCUT2D eigenvalue weighted by Crippen LogP contribution is -2.22. The summed E-state index contributed by atoms with van der Waals surface area (Å²) in [6.45, 7) is 1.25. The zero-order valence-corrected chi connectivity index (χ0v) is 9.64. The number of hydrogen-bond donors (Lipinski definition) is 3. The summed E-state index contributed by atoms with van der Waals surface area (Å²) in [5.41, 5.74) is 0. The first kappa shape index (κ1) is 13.3. The van der Waals surface area contributed by atoms with Gasteiger partial charge in [-0.2, -0.15) is 4.31 Å². The fourth-order valence-corrected chi connectivity index (χ4v) is 3.33. The van der Waals surface area contributed by atoms with Crippen molar-refractivity contribution in [2.24, 2.45) is 5.92 Å². The monoisotopic (exact) mass is 262 g/mol. The van der Waals surface area contributed by atoms with E-state index in [0.717, 1.165) is 0 Å². The third-order valence-electron chi connectivity index (χ3n) is 1.79. The van der Waals surface area contributed by atoms with Crippen molar-refractivity contribution >= 4 is 15.6 Å². The van der Waals surface area contributed by atoms with Gasteiger partial charge in [0.1, 0.15) is 0 Å². The number of phosphoric ester groups is 1. The Labute approximate surface area is 86.0 Å². The van der Waals surface area contributed by atoms with Crippen LogP contribution in [-0.4, -0.2) is 34.2 Å². The molecule has 0 amide bonds. The molecule has 10 heteroatoms. The van der Waals surface area contributed by atoms with E-state index >= 15 is 0 Å². The maximum Gasteiger partial charge on any atom is 0.484 e. The molecule has 3 unspecified atom stereocenters. The van der Waals surface area contributed by atoms with Gasteiger partial charge in [0.2, 0.25) is 0 Å². The minimum Gasteiger partial charge on any atom is -0.396 e. The van der Waals surface area contributed by atoms with Crippen LogP contribution < -0.4 is 0 Å². The molecule has 0 bridgehead atoms. The van der Waals surface area contributed by atoms with E-state index in [1.165, 1.54) is 0 Å². The molecule has 0 aromatic rings. The predicted octanol–water partition coefficient (Wildman–Crippen LogP) is 0.248. The van der Waals surface area contributed by atoms with Gasteiger partial charge in [0, 0.05) is 12.5 Å². The van der Waals surface area contributed by atoms with Crippen LogP contribution in [-0.2, 0) is 22.5 Å². The van der Waals surface area contributed by atoms with E-state index in [0.29, 0.717) is 0 Å². The van der Waals surface area contributed by atoms with Crippen LogP contribution in [0.3, 0.4) is 0 Å². The van der Waals surface area contributed by atoms with Gasteiger partial charge < -0.3 is 14.9 Å². The number of rotatable bonds is 4. The Bertz CT molecular complexity index is 310. The van der Waals surface area contributed by atoms with Gasteiger partial charge in [0.15, 0.2) is 0 Å². The first-order chi connectivity index (χ1) is 6.76. The van der Waals surface area contributed by atoms with Crippen molar-refractivity contribution in [3.8, 4) is 0 Å². The molecule has 3 N–H and O–H groups in total. The van der Waals surface area contributed by atoms with Gasteiger partial charge >= 0.3 is 15.6 Å². The smallest absolute Gasteiger partial charge is 0.396 e. The molecule has 1 rings (SSSR count). The highest BCUT2D eigenvalue weighted by molar-refractivity contribution is 7.61. The van der Waals surface area contributed by atoms with Crippen LogP contribution in [0.2, 0.25) is 0 Å². The second-order valence-corrected chi connectivity index (χ2v) is 6.12. The Morgan fingerprint density at radius 2 is 2.27 bits per heavy atom. The summed E-state index contributed by atoms with van der Waals surface area (Å²) in [6.07, 6.45) is -0.701. The van der Waals surface area contributed by atoms with Crippen LogP contribution in [0.1, 0.15) is 6.92 Å². The largest absolute Gasteiger partial charge is 0.484 e. The first-order valence-electron chi connectivity index (χ1n) is 4.06. The van der Waals surface area contributed by atoms with E-state index in [1.54, 1.807) is 6.92 Å². The molecule has 0 saturated carbocycles. The van der Waals surface area contributed by atoms with E-state index < -0.39 is 21.7 Å². The van der Waals surface area contributed by atoms with Crippen LogP contribution in [0.25, 0.3) is 0 Å². The Morgan fingerprint density at radius 3 is 2.73 bits per heavy atom. The van der Waals surface area contributed by atoms with Gasteiger partial charge in [0.25, 0.3) is 0 Å². The van der Waals surface area contributed by atoms with Crippen molar-refractivity contribution in [3.05, 3.63) is 0 Å². The quantitative estimate of drug-likeness (QED) is 0.616. The topological polar surface area (TPSA) is 123 Å². The van der Waals surface area contributed by atoms with Gasteiger partial charge in [0.05, 0.1) is 12.7 Å². The third kappa shape index (κ3) is 3.94. The van der Waals surface area contributed by atoms with Gasteiger partial charge in [-0.05, 0) is 0 Å². The molecule has 90 valence electrons. The molecule has 0 aromatic heterocycles. The second kappa shape index (κ2) is 4.61. The highest BCUT2D eigenvalue weighted by atomic mass is 31.3. The van der Waals surface area contributed by atoms with Gasteiger partial charge in [-0.15, -0.1) is 0 Å². The summed E-state index contributed by atoms with van der Waals surface area (Å²) in [4.78, 5) is 16.9. The molecular formula is C5H12O8P2. The van der Waals surface area contributed by atoms with E-state index in [4.69, 9.17) is 19.4 Å². The average Bonchev–Trinajstić information content (AvgIpc) is 2.43. The summed E-state index contributed by atoms with van der Waals surface area (Å²) < 4.78 is 35.1. The molecule has 0 aromatic carbocycles. The molecule has 1 saturated heterocycles. The Balaban J connectivity index is 2.62. The second-order valence-electron chi connectivity index (χ2n) is 3.12. The minimum absolute atomic E-state index is 0.140. The fraction of sp³-hybridized carbons (Fsp3) is 1.00. The molecule has 8 nitrogen and oxygen atoms in total. The van der Waals surface area contributed by atoms with Crippen molar-refractivity contribution in [1.82, 2.24) is 0 Å². The normalized spacial score (nSPS) is 34.3. The third-order valence-corrected chi connectivity index (χ3v) is 4.44. The molecule has 1 aliphatic heterocycles. The van der Waals surface area contributed by atoms with Crippen molar-refractivity contribution in [2.75, 3.05) is 13.2 Å². The van der Waals surface area contributed by atoms with E-state index in [-0.39, 0.29) is 19.1 Å². The molecule has 0 spiro atoms. The Hall–Kier alpha value is 0.220. The molecular weight excluding hydrogens is 250 g/mol. The zero-order chi connectivity index (χ0) is 11.7. The number of hydrogen-bond acceptors (Lipinski definition) is 6. The van der Waals surface area contributed by atoms with Crippen molar-refractivity contribution < 1.29 is 37.4 Å². The van der Waals surface area contributed by atoms with Crippen LogP contribution in [0.5, 0.6) is 0 Å². The lowest BCUT2D eigenvalue weighted by atomic mass is 10.1. The Morgan fingerprint density at radius 1 is 1.67 bits per heavy atom. The molecule has 0 aliphatic carbocycles. The van der Waals surface area contributed by atoms with Crippen molar-refractivity contribution in [1.29, 1.82) is 0 Å². The molecule has 15 heavy (non-hydrogen) atoms. The maximum absolute atomic E-state index is 11.4. The first-order valence-corrected chi connectivity index (χ1v) is 7.05. The SMILES string of the molecule is CC(CO)C1COP(=O)(OP(=O)(O)O)O1. The number of aliphatic hydroxyl groups excluding tert-OH is 1. The van der Waals surface area contributed by atoms with Crippen LogP contribution in [0.4, 0.5) is 0 Å². The molecule has 1 heterocycles. The molecule has 1 aliphatic rings. The number of phosphoric acid groups is 2. The highest BCUT2D eigenvalue weighted by Crippen LogP contribution is 2.64. The highest BCUT2D eigenvalue weighted by Gasteiger charge is 2.45. The van der Waals surface area contributed by atoms with Crippen LogP contribution in [0, 0.1) is 5.92 Å². The maximum atomic E-state index is 11.4.